The molecule has 5 N–H and O–H groups in total. The SMILES string of the molecule is CC(=O)CCCOCCOCCNc1nc(Nc2ccc(C(=O)NCc3ccc(F)cc3)cc2)nc(Nc2ccc(O)c(F)c2)n1. The zero-order valence-corrected chi connectivity index (χ0v) is 25.2. The molecule has 1 heterocycles. The van der Waals surface area contributed by atoms with Gasteiger partial charge in [0.2, 0.25) is 17.8 Å². The fraction of sp³-hybridized carbons (Fsp3) is 0.281. The second kappa shape index (κ2) is 17.3. The predicted molar refractivity (Wildman–Crippen MR) is 169 cm³/mol. The van der Waals surface area contributed by atoms with Gasteiger partial charge >= 0.3 is 0 Å². The molecule has 0 fully saturated rings. The van der Waals surface area contributed by atoms with E-state index in [9.17, 15) is 23.5 Å². The van der Waals surface area contributed by atoms with Gasteiger partial charge in [0, 0.05) is 49.1 Å². The van der Waals surface area contributed by atoms with Crippen molar-refractivity contribution in [3.05, 3.63) is 89.5 Å². The molecule has 0 aliphatic heterocycles. The van der Waals surface area contributed by atoms with Crippen LogP contribution < -0.4 is 21.3 Å². The van der Waals surface area contributed by atoms with Crippen molar-refractivity contribution in [3.8, 4) is 5.75 Å². The van der Waals surface area contributed by atoms with Gasteiger partial charge in [-0.15, -0.1) is 0 Å². The Morgan fingerprint density at radius 1 is 0.783 bits per heavy atom. The molecule has 0 atom stereocenters. The molecule has 0 saturated carbocycles. The summed E-state index contributed by atoms with van der Waals surface area (Å²) in [6, 6.07) is 16.3. The summed E-state index contributed by atoms with van der Waals surface area (Å²) in [6.45, 7) is 3.78. The van der Waals surface area contributed by atoms with Crippen LogP contribution in [0.25, 0.3) is 0 Å². The summed E-state index contributed by atoms with van der Waals surface area (Å²) < 4.78 is 38.0. The maximum atomic E-state index is 13.9. The van der Waals surface area contributed by atoms with Crippen molar-refractivity contribution < 1.29 is 33.0 Å². The highest BCUT2D eigenvalue weighted by Crippen LogP contribution is 2.23. The Balaban J connectivity index is 1.34. The van der Waals surface area contributed by atoms with Gasteiger partial charge in [-0.3, -0.25) is 4.79 Å². The summed E-state index contributed by atoms with van der Waals surface area (Å²) in [7, 11) is 0. The van der Waals surface area contributed by atoms with Gasteiger partial charge < -0.3 is 40.6 Å². The first-order chi connectivity index (χ1) is 22.2. The van der Waals surface area contributed by atoms with Gasteiger partial charge in [0.1, 0.15) is 11.6 Å². The molecule has 0 aliphatic carbocycles. The van der Waals surface area contributed by atoms with E-state index in [0.717, 1.165) is 11.6 Å². The molecule has 0 unspecified atom stereocenters. The molecule has 14 heteroatoms. The number of benzene rings is 3. The maximum absolute atomic E-state index is 13.9. The summed E-state index contributed by atoms with van der Waals surface area (Å²) in [6.07, 6.45) is 1.17. The van der Waals surface area contributed by atoms with Crippen molar-refractivity contribution in [3.63, 3.8) is 0 Å². The lowest BCUT2D eigenvalue weighted by Crippen LogP contribution is -2.22. The highest BCUT2D eigenvalue weighted by atomic mass is 19.1. The lowest BCUT2D eigenvalue weighted by molar-refractivity contribution is -0.117. The number of halogens is 2. The largest absolute Gasteiger partial charge is 0.505 e. The third-order valence-corrected chi connectivity index (χ3v) is 6.33. The Labute approximate surface area is 264 Å². The van der Waals surface area contributed by atoms with Gasteiger partial charge in [-0.2, -0.15) is 15.0 Å². The van der Waals surface area contributed by atoms with Crippen molar-refractivity contribution in [1.82, 2.24) is 20.3 Å². The molecular formula is C32H35F2N7O5. The average molecular weight is 636 g/mol. The number of carbonyl (C=O) groups is 2. The fourth-order valence-corrected chi connectivity index (χ4v) is 3.98. The lowest BCUT2D eigenvalue weighted by Gasteiger charge is -2.12. The number of anilines is 5. The standard InChI is InChI=1S/C32H35F2N7O5/c1-21(42)3-2-15-45-17-18-46-16-14-35-30-39-31(41-32(40-30)38-26-12-13-28(43)27(34)19-26)37-25-10-6-23(7-11-25)29(44)36-20-22-4-8-24(33)9-5-22/h4-13,19,43H,2-3,14-18,20H2,1H3,(H,36,44)(H3,35,37,38,39,40,41). The minimum Gasteiger partial charge on any atom is -0.505 e. The van der Waals surface area contributed by atoms with Gasteiger partial charge in [-0.05, 0) is 67.4 Å². The van der Waals surface area contributed by atoms with Crippen molar-refractivity contribution >= 4 is 40.9 Å². The number of nitrogens with one attached hydrogen (secondary N) is 4. The van der Waals surface area contributed by atoms with Gasteiger partial charge in [0.15, 0.2) is 11.6 Å². The molecular weight excluding hydrogens is 600 g/mol. The Kier molecular flexibility index (Phi) is 12.7. The second-order valence-electron chi connectivity index (χ2n) is 10.1. The maximum Gasteiger partial charge on any atom is 0.251 e. The zero-order chi connectivity index (χ0) is 32.7. The molecule has 0 saturated heterocycles. The first-order valence-electron chi connectivity index (χ1n) is 14.6. The van der Waals surface area contributed by atoms with Crippen LogP contribution in [0.3, 0.4) is 0 Å². The summed E-state index contributed by atoms with van der Waals surface area (Å²) in [4.78, 5) is 36.6. The minimum atomic E-state index is -0.808. The molecule has 46 heavy (non-hydrogen) atoms. The van der Waals surface area contributed by atoms with Crippen LogP contribution in [0, 0.1) is 11.6 Å². The summed E-state index contributed by atoms with van der Waals surface area (Å²) in [5.74, 6) is -1.33. The summed E-state index contributed by atoms with van der Waals surface area (Å²) >= 11 is 0. The number of carbonyl (C=O) groups excluding carboxylic acids is 2. The first kappa shape index (κ1) is 33.7. The predicted octanol–water partition coefficient (Wildman–Crippen LogP) is 5.09. The monoisotopic (exact) mass is 635 g/mol. The van der Waals surface area contributed by atoms with Crippen LogP contribution in [0.4, 0.5) is 38.0 Å². The van der Waals surface area contributed by atoms with E-state index in [-0.39, 0.29) is 41.9 Å². The van der Waals surface area contributed by atoms with Gasteiger partial charge in [-0.25, -0.2) is 8.78 Å². The average Bonchev–Trinajstić information content (AvgIpc) is 3.03. The number of hydrogen-bond donors (Lipinski definition) is 5. The molecule has 1 aromatic heterocycles. The van der Waals surface area contributed by atoms with Crippen molar-refractivity contribution in [2.24, 2.45) is 0 Å². The fourth-order valence-electron chi connectivity index (χ4n) is 3.98. The van der Waals surface area contributed by atoms with Gasteiger partial charge in [0.05, 0.1) is 19.8 Å². The van der Waals surface area contributed by atoms with E-state index in [4.69, 9.17) is 9.47 Å². The van der Waals surface area contributed by atoms with Gasteiger partial charge in [0.25, 0.3) is 5.91 Å². The van der Waals surface area contributed by atoms with Crippen LogP contribution in [0.15, 0.2) is 66.7 Å². The highest BCUT2D eigenvalue weighted by molar-refractivity contribution is 5.94. The number of aromatic nitrogens is 3. The zero-order valence-electron chi connectivity index (χ0n) is 25.2. The number of hydrogen-bond acceptors (Lipinski definition) is 11. The molecule has 0 aliphatic rings. The highest BCUT2D eigenvalue weighted by Gasteiger charge is 2.11. The van der Waals surface area contributed by atoms with E-state index >= 15 is 0 Å². The Morgan fingerprint density at radius 3 is 2.09 bits per heavy atom. The number of nitrogens with zero attached hydrogens (tertiary/aromatic N) is 3. The van der Waals surface area contributed by atoms with E-state index in [2.05, 4.69) is 36.2 Å². The van der Waals surface area contributed by atoms with Crippen molar-refractivity contribution in [2.75, 3.05) is 48.9 Å². The molecule has 242 valence electrons. The van der Waals surface area contributed by atoms with E-state index in [1.165, 1.54) is 24.3 Å². The number of ether oxygens (including phenoxy) is 2. The third-order valence-electron chi connectivity index (χ3n) is 6.33. The Bertz CT molecular complexity index is 1590. The van der Waals surface area contributed by atoms with E-state index in [1.54, 1.807) is 43.3 Å². The lowest BCUT2D eigenvalue weighted by atomic mass is 10.1. The van der Waals surface area contributed by atoms with E-state index < -0.39 is 11.6 Å². The van der Waals surface area contributed by atoms with Crippen LogP contribution in [0.5, 0.6) is 5.75 Å². The number of phenolic OH excluding ortho intramolecular Hbond substituents is 1. The first-order valence-corrected chi connectivity index (χ1v) is 14.6. The number of Topliss-reactive ketones (excluding diaryl/α,β-unsaturated/α-hetero) is 1. The normalized spacial score (nSPS) is 10.8. The van der Waals surface area contributed by atoms with Crippen LogP contribution in [-0.2, 0) is 20.8 Å². The van der Waals surface area contributed by atoms with Crippen LogP contribution in [0.1, 0.15) is 35.7 Å². The summed E-state index contributed by atoms with van der Waals surface area (Å²) in [5.41, 5.74) is 2.08. The molecule has 4 rings (SSSR count). The molecule has 3 aromatic carbocycles. The van der Waals surface area contributed by atoms with Crippen molar-refractivity contribution in [1.29, 1.82) is 0 Å². The molecule has 0 spiro atoms. The molecule has 0 bridgehead atoms. The molecule has 4 aromatic rings. The quantitative estimate of drug-likeness (QED) is 0.0732. The van der Waals surface area contributed by atoms with Crippen LogP contribution in [0.2, 0.25) is 0 Å². The number of rotatable bonds is 18. The topological polar surface area (TPSA) is 160 Å². The number of ketones is 1. The van der Waals surface area contributed by atoms with Gasteiger partial charge in [-0.1, -0.05) is 12.1 Å². The smallest absolute Gasteiger partial charge is 0.251 e. The minimum absolute atomic E-state index is 0.0989. The molecule has 1 amide bonds. The van der Waals surface area contributed by atoms with Crippen LogP contribution >= 0.6 is 0 Å². The molecule has 0 radical (unpaired) electrons. The number of aromatic hydroxyl groups is 1. The van der Waals surface area contributed by atoms with E-state index in [0.29, 0.717) is 62.8 Å². The van der Waals surface area contributed by atoms with E-state index in [1.807, 2.05) is 0 Å². The molecule has 12 nitrogen and oxygen atoms in total. The number of amides is 1. The number of phenols is 1. The van der Waals surface area contributed by atoms with Crippen molar-refractivity contribution in [2.45, 2.75) is 26.3 Å². The Morgan fingerprint density at radius 2 is 1.41 bits per heavy atom. The van der Waals surface area contributed by atoms with Crippen LogP contribution in [-0.4, -0.2) is 64.7 Å². The second-order valence-corrected chi connectivity index (χ2v) is 10.1. The third kappa shape index (κ3) is 11.4. The summed E-state index contributed by atoms with van der Waals surface area (Å²) in [5, 5.41) is 21.3. The Hall–Kier alpha value is -5.21.